The van der Waals surface area contributed by atoms with Gasteiger partial charge >= 0.3 is 12.2 Å². The van der Waals surface area contributed by atoms with Crippen LogP contribution in [0.1, 0.15) is 22.3 Å². The van der Waals surface area contributed by atoms with E-state index in [0.29, 0.717) is 0 Å². The van der Waals surface area contributed by atoms with E-state index in [-0.39, 0.29) is 13.2 Å². The van der Waals surface area contributed by atoms with Gasteiger partial charge in [0.15, 0.2) is 0 Å². The third kappa shape index (κ3) is 5.01. The highest BCUT2D eigenvalue weighted by Crippen LogP contribution is 2.19. The number of carbonyl (C=O) groups is 2. The lowest BCUT2D eigenvalue weighted by molar-refractivity contribution is 0.118. The van der Waals surface area contributed by atoms with Crippen LogP contribution in [0, 0.1) is 13.8 Å². The van der Waals surface area contributed by atoms with Crippen LogP contribution in [0.4, 0.5) is 9.59 Å². The Morgan fingerprint density at radius 3 is 2.21 bits per heavy atom. The highest BCUT2D eigenvalue weighted by atomic mass is 16.6. The van der Waals surface area contributed by atoms with Crippen LogP contribution in [0.3, 0.4) is 0 Å². The van der Waals surface area contributed by atoms with Crippen LogP contribution < -0.4 is 10.9 Å². The van der Waals surface area contributed by atoms with Crippen LogP contribution in [0.25, 0.3) is 10.8 Å². The first kappa shape index (κ1) is 19.2. The molecule has 0 saturated carbocycles. The minimum atomic E-state index is -0.768. The summed E-state index contributed by atoms with van der Waals surface area (Å²) in [5, 5.41) is 2.08. The van der Waals surface area contributed by atoms with E-state index in [2.05, 4.69) is 10.9 Å². The number of ether oxygens (including phenoxy) is 2. The molecule has 0 unspecified atom stereocenters. The summed E-state index contributed by atoms with van der Waals surface area (Å²) in [5.74, 6) is 0. The van der Waals surface area contributed by atoms with Crippen LogP contribution in [-0.2, 0) is 22.7 Å². The van der Waals surface area contributed by atoms with Crippen LogP contribution in [-0.4, -0.2) is 12.2 Å². The molecule has 28 heavy (non-hydrogen) atoms. The first-order valence-electron chi connectivity index (χ1n) is 8.91. The van der Waals surface area contributed by atoms with Gasteiger partial charge in [0, 0.05) is 0 Å². The maximum absolute atomic E-state index is 11.8. The number of fused-ring (bicyclic) bond motifs is 1. The fourth-order valence-electron chi connectivity index (χ4n) is 2.78. The smallest absolute Gasteiger partial charge is 0.426 e. The van der Waals surface area contributed by atoms with Crippen molar-refractivity contribution in [1.29, 1.82) is 0 Å². The predicted molar refractivity (Wildman–Crippen MR) is 107 cm³/mol. The van der Waals surface area contributed by atoms with Crippen LogP contribution >= 0.6 is 0 Å². The van der Waals surface area contributed by atoms with E-state index >= 15 is 0 Å². The Morgan fingerprint density at radius 1 is 0.786 bits per heavy atom. The molecule has 2 amide bonds. The Balaban J connectivity index is 1.43. The number of hydrazine groups is 1. The SMILES string of the molecule is Cc1ccc(COC(=O)NNC(=O)OCc2cccc3ccccc23)cc1C. The van der Waals surface area contributed by atoms with E-state index in [9.17, 15) is 9.59 Å². The van der Waals surface area contributed by atoms with Crippen molar-refractivity contribution < 1.29 is 19.1 Å². The van der Waals surface area contributed by atoms with Gasteiger partial charge in [-0.25, -0.2) is 20.4 Å². The molecule has 0 bridgehead atoms. The monoisotopic (exact) mass is 378 g/mol. The minimum Gasteiger partial charge on any atom is -0.443 e. The normalized spacial score (nSPS) is 10.4. The molecule has 0 radical (unpaired) electrons. The van der Waals surface area contributed by atoms with Gasteiger partial charge in [-0.15, -0.1) is 0 Å². The zero-order valence-electron chi connectivity index (χ0n) is 15.8. The van der Waals surface area contributed by atoms with E-state index in [1.165, 1.54) is 5.56 Å². The van der Waals surface area contributed by atoms with E-state index in [0.717, 1.165) is 27.5 Å². The standard InChI is InChI=1S/C22H22N2O4/c1-15-10-11-17(12-16(15)2)13-27-21(25)23-24-22(26)28-14-19-8-5-7-18-6-3-4-9-20(18)19/h3-12H,13-14H2,1-2H3,(H,23,25)(H,24,26). The fraction of sp³-hybridized carbons (Fsp3) is 0.182. The molecular weight excluding hydrogens is 356 g/mol. The largest absolute Gasteiger partial charge is 0.443 e. The molecule has 0 aromatic heterocycles. The van der Waals surface area contributed by atoms with Crippen molar-refractivity contribution in [3.8, 4) is 0 Å². The number of hydrogen-bond acceptors (Lipinski definition) is 4. The van der Waals surface area contributed by atoms with E-state index < -0.39 is 12.2 Å². The molecule has 0 heterocycles. The topological polar surface area (TPSA) is 76.7 Å². The summed E-state index contributed by atoms with van der Waals surface area (Å²) >= 11 is 0. The van der Waals surface area contributed by atoms with Gasteiger partial charge in [0.25, 0.3) is 0 Å². The summed E-state index contributed by atoms with van der Waals surface area (Å²) in [6.07, 6.45) is -1.53. The Bertz CT molecular complexity index is 995. The first-order chi connectivity index (χ1) is 13.5. The van der Waals surface area contributed by atoms with Crippen molar-refractivity contribution in [2.75, 3.05) is 0 Å². The zero-order chi connectivity index (χ0) is 19.9. The minimum absolute atomic E-state index is 0.0898. The molecule has 3 aromatic carbocycles. The maximum Gasteiger partial charge on any atom is 0.426 e. The van der Waals surface area contributed by atoms with Crippen LogP contribution in [0.15, 0.2) is 60.7 Å². The van der Waals surface area contributed by atoms with Crippen molar-refractivity contribution in [1.82, 2.24) is 10.9 Å². The van der Waals surface area contributed by atoms with E-state index in [4.69, 9.17) is 9.47 Å². The van der Waals surface area contributed by atoms with Crippen molar-refractivity contribution in [3.63, 3.8) is 0 Å². The molecule has 144 valence electrons. The summed E-state index contributed by atoms with van der Waals surface area (Å²) in [7, 11) is 0. The second-order valence-electron chi connectivity index (χ2n) is 6.46. The highest BCUT2D eigenvalue weighted by Gasteiger charge is 2.08. The van der Waals surface area contributed by atoms with E-state index in [1.807, 2.05) is 74.5 Å². The molecule has 0 fully saturated rings. The Hall–Kier alpha value is -3.54. The lowest BCUT2D eigenvalue weighted by atomic mass is 10.1. The molecule has 0 aliphatic heterocycles. The van der Waals surface area contributed by atoms with Gasteiger partial charge in [-0.1, -0.05) is 60.7 Å². The van der Waals surface area contributed by atoms with Crippen molar-refractivity contribution >= 4 is 23.0 Å². The quantitative estimate of drug-likeness (QED) is 0.654. The van der Waals surface area contributed by atoms with Gasteiger partial charge in [0.2, 0.25) is 0 Å². The van der Waals surface area contributed by atoms with Gasteiger partial charge in [-0.2, -0.15) is 0 Å². The second kappa shape index (κ2) is 8.90. The van der Waals surface area contributed by atoms with Crippen molar-refractivity contribution in [2.24, 2.45) is 0 Å². The molecule has 0 aliphatic carbocycles. The number of benzene rings is 3. The second-order valence-corrected chi connectivity index (χ2v) is 6.46. The number of amides is 2. The molecule has 6 heteroatoms. The summed E-state index contributed by atoms with van der Waals surface area (Å²) in [5.41, 5.74) is 8.38. The first-order valence-corrected chi connectivity index (χ1v) is 8.91. The average molecular weight is 378 g/mol. The Morgan fingerprint density at radius 2 is 1.46 bits per heavy atom. The molecule has 3 aromatic rings. The Labute approximate surface area is 163 Å². The molecule has 0 aliphatic rings. The van der Waals surface area contributed by atoms with E-state index in [1.54, 1.807) is 0 Å². The summed E-state index contributed by atoms with van der Waals surface area (Å²) in [4.78, 5) is 23.5. The lowest BCUT2D eigenvalue weighted by Crippen LogP contribution is -2.42. The number of carbonyl (C=O) groups excluding carboxylic acids is 2. The van der Waals surface area contributed by atoms with Crippen LogP contribution in [0.5, 0.6) is 0 Å². The summed E-state index contributed by atoms with van der Waals surface area (Å²) < 4.78 is 10.2. The fourth-order valence-corrected chi connectivity index (χ4v) is 2.78. The molecule has 2 N–H and O–H groups in total. The molecule has 0 atom stereocenters. The number of nitrogens with one attached hydrogen (secondary N) is 2. The van der Waals surface area contributed by atoms with Gasteiger partial charge in [0.05, 0.1) is 0 Å². The van der Waals surface area contributed by atoms with Crippen molar-refractivity contribution in [3.05, 3.63) is 82.9 Å². The molecule has 3 rings (SSSR count). The Kier molecular flexibility index (Phi) is 6.11. The maximum atomic E-state index is 11.8. The summed E-state index contributed by atoms with van der Waals surface area (Å²) in [6.45, 7) is 4.21. The molecule has 0 spiro atoms. The lowest BCUT2D eigenvalue weighted by Gasteiger charge is -2.11. The van der Waals surface area contributed by atoms with Gasteiger partial charge < -0.3 is 9.47 Å². The number of hydrogen-bond donors (Lipinski definition) is 2. The highest BCUT2D eigenvalue weighted by molar-refractivity contribution is 5.85. The molecule has 0 saturated heterocycles. The number of rotatable bonds is 4. The molecule has 6 nitrogen and oxygen atoms in total. The van der Waals surface area contributed by atoms with Crippen LogP contribution in [0.2, 0.25) is 0 Å². The van der Waals surface area contributed by atoms with Crippen molar-refractivity contribution in [2.45, 2.75) is 27.1 Å². The van der Waals surface area contributed by atoms with Gasteiger partial charge in [-0.3, -0.25) is 0 Å². The third-order valence-electron chi connectivity index (χ3n) is 4.45. The third-order valence-corrected chi connectivity index (χ3v) is 4.45. The van der Waals surface area contributed by atoms with Gasteiger partial charge in [-0.05, 0) is 46.9 Å². The average Bonchev–Trinajstić information content (AvgIpc) is 2.71. The molecular formula is C22H22N2O4. The van der Waals surface area contributed by atoms with Gasteiger partial charge in [0.1, 0.15) is 13.2 Å². The zero-order valence-corrected chi connectivity index (χ0v) is 15.8. The number of aryl methyl sites for hydroxylation is 2. The summed E-state index contributed by atoms with van der Waals surface area (Å²) in [6, 6.07) is 19.4. The predicted octanol–water partition coefficient (Wildman–Crippen LogP) is 4.52.